The van der Waals surface area contributed by atoms with Gasteiger partial charge in [-0.1, -0.05) is 0 Å². The molecule has 0 aliphatic carbocycles. The molecule has 2 aliphatic rings. The first-order valence-corrected chi connectivity index (χ1v) is 5.55. The molecule has 0 spiro atoms. The van der Waals surface area contributed by atoms with Crippen LogP contribution < -0.4 is 5.32 Å². The molecule has 2 fully saturated rings. The largest absolute Gasteiger partial charge is 0.322 e. The van der Waals surface area contributed by atoms with Crippen LogP contribution in [0, 0.1) is 0 Å². The lowest BCUT2D eigenvalue weighted by molar-refractivity contribution is 0.145. The van der Waals surface area contributed by atoms with Gasteiger partial charge in [-0.2, -0.15) is 0 Å². The highest BCUT2D eigenvalue weighted by atomic mass is 16.2. The number of carbonyl (C=O) groups excluding carboxylic acids is 1. The van der Waals surface area contributed by atoms with E-state index in [2.05, 4.69) is 12.2 Å². The van der Waals surface area contributed by atoms with E-state index in [0.717, 1.165) is 39.1 Å². The van der Waals surface area contributed by atoms with Crippen LogP contribution >= 0.6 is 0 Å². The summed E-state index contributed by atoms with van der Waals surface area (Å²) in [4.78, 5) is 16.0. The zero-order valence-corrected chi connectivity index (χ0v) is 8.83. The first-order valence-electron chi connectivity index (χ1n) is 5.55. The minimum atomic E-state index is 0.247. The van der Waals surface area contributed by atoms with Gasteiger partial charge >= 0.3 is 6.03 Å². The van der Waals surface area contributed by atoms with Gasteiger partial charge in [0.1, 0.15) is 0 Å². The summed E-state index contributed by atoms with van der Waals surface area (Å²) in [6, 6.07) is 0.689. The Bertz CT molecular complexity index is 213. The number of piperazine rings is 1. The highest BCUT2D eigenvalue weighted by Crippen LogP contribution is 2.18. The van der Waals surface area contributed by atoms with Gasteiger partial charge in [-0.25, -0.2) is 4.79 Å². The van der Waals surface area contributed by atoms with Gasteiger partial charge in [0.05, 0.1) is 0 Å². The maximum Gasteiger partial charge on any atom is 0.320 e. The second-order valence-corrected chi connectivity index (χ2v) is 4.20. The molecule has 2 saturated heterocycles. The fraction of sp³-hybridized carbons (Fsp3) is 0.900. The summed E-state index contributed by atoms with van der Waals surface area (Å²) >= 11 is 0. The second kappa shape index (κ2) is 4.17. The quantitative estimate of drug-likeness (QED) is 0.613. The molecule has 2 aliphatic heterocycles. The van der Waals surface area contributed by atoms with Gasteiger partial charge in [0.15, 0.2) is 0 Å². The van der Waals surface area contributed by atoms with Crippen molar-refractivity contribution < 1.29 is 4.79 Å². The molecular formula is C10H19N3O. The summed E-state index contributed by atoms with van der Waals surface area (Å²) in [6.07, 6.45) is 2.33. The molecule has 1 atom stereocenters. The first-order chi connectivity index (χ1) is 6.79. The minimum absolute atomic E-state index is 0.247. The molecule has 80 valence electrons. The first kappa shape index (κ1) is 9.77. The van der Waals surface area contributed by atoms with Gasteiger partial charge in [0.2, 0.25) is 0 Å². The van der Waals surface area contributed by atoms with Gasteiger partial charge in [0, 0.05) is 38.8 Å². The summed E-state index contributed by atoms with van der Waals surface area (Å²) in [5, 5.41) is 3.26. The van der Waals surface area contributed by atoms with E-state index < -0.39 is 0 Å². The van der Waals surface area contributed by atoms with Crippen molar-refractivity contribution in [2.24, 2.45) is 0 Å². The molecule has 2 rings (SSSR count). The third-order valence-electron chi connectivity index (χ3n) is 3.19. The van der Waals surface area contributed by atoms with Gasteiger partial charge in [0.25, 0.3) is 0 Å². The van der Waals surface area contributed by atoms with Crippen molar-refractivity contribution in [1.82, 2.24) is 15.1 Å². The number of nitrogens with one attached hydrogen (secondary N) is 1. The molecule has 0 aromatic heterocycles. The molecule has 0 aromatic rings. The third kappa shape index (κ3) is 1.85. The van der Waals surface area contributed by atoms with E-state index in [4.69, 9.17) is 0 Å². The standard InChI is InChI=1S/C10H19N3O/c1-9-3-2-6-13(9)10(14)12-7-4-11-5-8-12/h9,11H,2-8H2,1H3/t9-/m0/s1. The van der Waals surface area contributed by atoms with E-state index in [1.54, 1.807) is 0 Å². The van der Waals surface area contributed by atoms with Crippen molar-refractivity contribution in [3.8, 4) is 0 Å². The van der Waals surface area contributed by atoms with Crippen LogP contribution in [0.25, 0.3) is 0 Å². The number of hydrogen-bond donors (Lipinski definition) is 1. The maximum absolute atomic E-state index is 12.0. The fourth-order valence-corrected chi connectivity index (χ4v) is 2.26. The number of likely N-dealkylation sites (tertiary alicyclic amines) is 1. The predicted octanol–water partition coefficient (Wildman–Crippen LogP) is 0.496. The van der Waals surface area contributed by atoms with E-state index in [-0.39, 0.29) is 6.03 Å². The third-order valence-corrected chi connectivity index (χ3v) is 3.19. The van der Waals surface area contributed by atoms with E-state index in [0.29, 0.717) is 6.04 Å². The molecule has 2 heterocycles. The number of urea groups is 1. The van der Waals surface area contributed by atoms with Crippen LogP contribution in [0.1, 0.15) is 19.8 Å². The van der Waals surface area contributed by atoms with E-state index in [9.17, 15) is 4.79 Å². The average Bonchev–Trinajstić information content (AvgIpc) is 2.65. The Morgan fingerprint density at radius 1 is 1.29 bits per heavy atom. The van der Waals surface area contributed by atoms with Crippen LogP contribution in [0.3, 0.4) is 0 Å². The Morgan fingerprint density at radius 3 is 2.57 bits per heavy atom. The molecule has 2 amide bonds. The lowest BCUT2D eigenvalue weighted by atomic mass is 10.2. The zero-order valence-electron chi connectivity index (χ0n) is 8.83. The van der Waals surface area contributed by atoms with Gasteiger partial charge < -0.3 is 15.1 Å². The number of rotatable bonds is 0. The van der Waals surface area contributed by atoms with Gasteiger partial charge in [-0.05, 0) is 19.8 Å². The summed E-state index contributed by atoms with van der Waals surface area (Å²) in [6.45, 7) is 6.70. The normalized spacial score (nSPS) is 28.2. The molecule has 0 bridgehead atoms. The zero-order chi connectivity index (χ0) is 9.97. The fourth-order valence-electron chi connectivity index (χ4n) is 2.26. The van der Waals surface area contributed by atoms with Crippen LogP contribution in [0.5, 0.6) is 0 Å². The lowest BCUT2D eigenvalue weighted by Gasteiger charge is -2.33. The van der Waals surface area contributed by atoms with E-state index in [1.807, 2.05) is 9.80 Å². The van der Waals surface area contributed by atoms with Crippen molar-refractivity contribution in [3.63, 3.8) is 0 Å². The Kier molecular flexibility index (Phi) is 2.91. The highest BCUT2D eigenvalue weighted by molar-refractivity contribution is 5.75. The Balaban J connectivity index is 1.92. The van der Waals surface area contributed by atoms with Crippen LogP contribution in [0.4, 0.5) is 4.79 Å². The summed E-state index contributed by atoms with van der Waals surface area (Å²) in [7, 11) is 0. The van der Waals surface area contributed by atoms with Crippen LogP contribution in [-0.2, 0) is 0 Å². The Hall–Kier alpha value is -0.770. The van der Waals surface area contributed by atoms with Crippen LogP contribution in [-0.4, -0.2) is 54.6 Å². The summed E-state index contributed by atoms with van der Waals surface area (Å²) in [5.41, 5.74) is 0. The molecule has 0 radical (unpaired) electrons. The SMILES string of the molecule is C[C@H]1CCCN1C(=O)N1CCNCC1. The molecule has 4 nitrogen and oxygen atoms in total. The molecule has 0 saturated carbocycles. The summed E-state index contributed by atoms with van der Waals surface area (Å²) in [5.74, 6) is 0. The number of nitrogens with zero attached hydrogens (tertiary/aromatic N) is 2. The smallest absolute Gasteiger partial charge is 0.320 e. The monoisotopic (exact) mass is 197 g/mol. The van der Waals surface area contributed by atoms with Crippen LogP contribution in [0.15, 0.2) is 0 Å². The van der Waals surface area contributed by atoms with Gasteiger partial charge in [-0.3, -0.25) is 0 Å². The Morgan fingerprint density at radius 2 is 2.00 bits per heavy atom. The van der Waals surface area contributed by atoms with Crippen molar-refractivity contribution in [1.29, 1.82) is 0 Å². The molecule has 4 heteroatoms. The number of carbonyl (C=O) groups is 1. The minimum Gasteiger partial charge on any atom is -0.322 e. The van der Waals surface area contributed by atoms with Gasteiger partial charge in [-0.15, -0.1) is 0 Å². The van der Waals surface area contributed by atoms with Crippen LogP contribution in [0.2, 0.25) is 0 Å². The van der Waals surface area contributed by atoms with E-state index in [1.165, 1.54) is 6.42 Å². The molecular weight excluding hydrogens is 178 g/mol. The highest BCUT2D eigenvalue weighted by Gasteiger charge is 2.29. The number of hydrogen-bond acceptors (Lipinski definition) is 2. The molecule has 0 aromatic carbocycles. The maximum atomic E-state index is 12.0. The van der Waals surface area contributed by atoms with Crippen molar-refractivity contribution >= 4 is 6.03 Å². The van der Waals surface area contributed by atoms with Crippen molar-refractivity contribution in [2.45, 2.75) is 25.8 Å². The average molecular weight is 197 g/mol. The lowest BCUT2D eigenvalue weighted by Crippen LogP contribution is -2.52. The summed E-state index contributed by atoms with van der Waals surface area (Å²) < 4.78 is 0. The van der Waals surface area contributed by atoms with E-state index >= 15 is 0 Å². The number of amides is 2. The second-order valence-electron chi connectivity index (χ2n) is 4.20. The molecule has 1 N–H and O–H groups in total. The molecule has 0 unspecified atom stereocenters. The van der Waals surface area contributed by atoms with Crippen molar-refractivity contribution in [2.75, 3.05) is 32.7 Å². The van der Waals surface area contributed by atoms with Crippen molar-refractivity contribution in [3.05, 3.63) is 0 Å². The Labute approximate surface area is 85.2 Å². The topological polar surface area (TPSA) is 35.6 Å². The predicted molar refractivity (Wildman–Crippen MR) is 55.2 cm³/mol. The molecule has 14 heavy (non-hydrogen) atoms.